The van der Waals surface area contributed by atoms with Crippen LogP contribution in [0, 0.1) is 0 Å². The van der Waals surface area contributed by atoms with Crippen molar-refractivity contribution in [2.24, 2.45) is 0 Å². The third-order valence-electron chi connectivity index (χ3n) is 4.84. The number of piperazine rings is 1. The van der Waals surface area contributed by atoms with Gasteiger partial charge in [0.2, 0.25) is 11.8 Å². The standard InChI is InChI=1S/C18H23N5O2/c24-17(5-1-4-16-21-18(22-25-16)13-6-7-13)23-10-9-20-12-15(23)14-3-2-8-19-11-14/h2-3,8,11,13,15,20H,1,4-7,9-10,12H2. The quantitative estimate of drug-likeness (QED) is 0.863. The molecule has 3 heterocycles. The zero-order valence-corrected chi connectivity index (χ0v) is 14.2. The zero-order valence-electron chi connectivity index (χ0n) is 14.2. The van der Waals surface area contributed by atoms with Gasteiger partial charge in [0.1, 0.15) is 0 Å². The van der Waals surface area contributed by atoms with Crippen molar-refractivity contribution in [3.8, 4) is 0 Å². The van der Waals surface area contributed by atoms with Gasteiger partial charge in [-0.3, -0.25) is 9.78 Å². The molecule has 2 aromatic heterocycles. The first-order chi connectivity index (χ1) is 12.3. The second-order valence-corrected chi connectivity index (χ2v) is 6.77. The fourth-order valence-corrected chi connectivity index (χ4v) is 3.29. The number of aryl methyl sites for hydroxylation is 1. The molecule has 4 rings (SSSR count). The van der Waals surface area contributed by atoms with E-state index in [2.05, 4.69) is 20.4 Å². The summed E-state index contributed by atoms with van der Waals surface area (Å²) in [5, 5.41) is 7.39. The molecule has 1 unspecified atom stereocenters. The van der Waals surface area contributed by atoms with Crippen molar-refractivity contribution < 1.29 is 9.32 Å². The van der Waals surface area contributed by atoms with Crippen molar-refractivity contribution in [2.75, 3.05) is 19.6 Å². The molecule has 1 atom stereocenters. The Bertz CT molecular complexity index is 713. The van der Waals surface area contributed by atoms with Crippen LogP contribution in [0.4, 0.5) is 0 Å². The first kappa shape index (κ1) is 16.2. The Morgan fingerprint density at radius 3 is 3.12 bits per heavy atom. The minimum Gasteiger partial charge on any atom is -0.339 e. The van der Waals surface area contributed by atoms with E-state index < -0.39 is 0 Å². The molecule has 2 aliphatic rings. The fraction of sp³-hybridized carbons (Fsp3) is 0.556. The summed E-state index contributed by atoms with van der Waals surface area (Å²) in [5.41, 5.74) is 1.08. The van der Waals surface area contributed by atoms with E-state index in [1.165, 1.54) is 0 Å². The molecule has 1 saturated heterocycles. The van der Waals surface area contributed by atoms with Gasteiger partial charge in [-0.2, -0.15) is 4.98 Å². The second kappa shape index (κ2) is 7.31. The predicted octanol–water partition coefficient (Wildman–Crippen LogP) is 1.84. The summed E-state index contributed by atoms with van der Waals surface area (Å²) in [7, 11) is 0. The first-order valence-electron chi connectivity index (χ1n) is 9.04. The number of carbonyl (C=O) groups is 1. The van der Waals surface area contributed by atoms with Gasteiger partial charge in [0.15, 0.2) is 5.82 Å². The van der Waals surface area contributed by atoms with Crippen molar-refractivity contribution in [1.82, 2.24) is 25.3 Å². The average molecular weight is 341 g/mol. The van der Waals surface area contributed by atoms with Gasteiger partial charge in [0.05, 0.1) is 6.04 Å². The average Bonchev–Trinajstić information content (AvgIpc) is 3.41. The number of carbonyl (C=O) groups excluding carboxylic acids is 1. The maximum atomic E-state index is 12.7. The molecule has 1 N–H and O–H groups in total. The van der Waals surface area contributed by atoms with Gasteiger partial charge in [-0.25, -0.2) is 0 Å². The molecule has 2 aromatic rings. The molecular weight excluding hydrogens is 318 g/mol. The number of amides is 1. The third-order valence-corrected chi connectivity index (χ3v) is 4.84. The summed E-state index contributed by atoms with van der Waals surface area (Å²) in [6, 6.07) is 4.00. The third kappa shape index (κ3) is 3.87. The Labute approximate surface area is 146 Å². The van der Waals surface area contributed by atoms with Crippen LogP contribution in [0.25, 0.3) is 0 Å². The Hall–Kier alpha value is -2.28. The van der Waals surface area contributed by atoms with Crippen molar-refractivity contribution in [3.63, 3.8) is 0 Å². The fourth-order valence-electron chi connectivity index (χ4n) is 3.29. The molecule has 0 radical (unpaired) electrons. The molecule has 25 heavy (non-hydrogen) atoms. The maximum Gasteiger partial charge on any atom is 0.226 e. The van der Waals surface area contributed by atoms with E-state index in [1.807, 2.05) is 23.2 Å². The highest BCUT2D eigenvalue weighted by atomic mass is 16.5. The maximum absolute atomic E-state index is 12.7. The van der Waals surface area contributed by atoms with E-state index in [0.717, 1.165) is 50.3 Å². The molecule has 1 aliphatic heterocycles. The molecule has 1 saturated carbocycles. The van der Waals surface area contributed by atoms with Crippen LogP contribution >= 0.6 is 0 Å². The van der Waals surface area contributed by atoms with Crippen LogP contribution in [0.3, 0.4) is 0 Å². The SMILES string of the molecule is O=C(CCCc1nc(C2CC2)no1)N1CCNCC1c1cccnc1. The van der Waals surface area contributed by atoms with Crippen LogP contribution in [-0.2, 0) is 11.2 Å². The van der Waals surface area contributed by atoms with E-state index >= 15 is 0 Å². The molecule has 0 spiro atoms. The lowest BCUT2D eigenvalue weighted by molar-refractivity contribution is -0.134. The van der Waals surface area contributed by atoms with Gasteiger partial charge in [-0.05, 0) is 30.9 Å². The summed E-state index contributed by atoms with van der Waals surface area (Å²) >= 11 is 0. The minimum atomic E-state index is 0.0554. The Balaban J connectivity index is 1.32. The zero-order chi connectivity index (χ0) is 17.1. The van der Waals surface area contributed by atoms with Gasteiger partial charge in [-0.15, -0.1) is 0 Å². The number of nitrogens with zero attached hydrogens (tertiary/aromatic N) is 4. The van der Waals surface area contributed by atoms with Crippen LogP contribution in [0.1, 0.15) is 54.9 Å². The van der Waals surface area contributed by atoms with Crippen LogP contribution in [0.2, 0.25) is 0 Å². The largest absolute Gasteiger partial charge is 0.339 e. The highest BCUT2D eigenvalue weighted by Gasteiger charge is 2.29. The summed E-state index contributed by atoms with van der Waals surface area (Å²) in [6.07, 6.45) is 7.82. The predicted molar refractivity (Wildman–Crippen MR) is 90.8 cm³/mol. The van der Waals surface area contributed by atoms with Gasteiger partial charge in [0, 0.05) is 50.8 Å². The van der Waals surface area contributed by atoms with E-state index in [9.17, 15) is 4.79 Å². The van der Waals surface area contributed by atoms with Crippen molar-refractivity contribution >= 4 is 5.91 Å². The Morgan fingerprint density at radius 1 is 1.40 bits per heavy atom. The number of nitrogens with one attached hydrogen (secondary N) is 1. The smallest absolute Gasteiger partial charge is 0.226 e. The highest BCUT2D eigenvalue weighted by molar-refractivity contribution is 5.76. The number of rotatable bonds is 6. The molecule has 0 bridgehead atoms. The number of pyridine rings is 1. The molecule has 7 heteroatoms. The van der Waals surface area contributed by atoms with E-state index in [-0.39, 0.29) is 11.9 Å². The van der Waals surface area contributed by atoms with Gasteiger partial charge in [0.25, 0.3) is 0 Å². The van der Waals surface area contributed by atoms with Crippen molar-refractivity contribution in [3.05, 3.63) is 41.8 Å². The first-order valence-corrected chi connectivity index (χ1v) is 9.04. The van der Waals surface area contributed by atoms with E-state index in [1.54, 1.807) is 6.20 Å². The van der Waals surface area contributed by atoms with Crippen LogP contribution in [0.5, 0.6) is 0 Å². The molecule has 1 aliphatic carbocycles. The molecule has 1 amide bonds. The monoisotopic (exact) mass is 341 g/mol. The molecule has 2 fully saturated rings. The summed E-state index contributed by atoms with van der Waals surface area (Å²) in [6.45, 7) is 2.33. The Kier molecular flexibility index (Phi) is 4.74. The van der Waals surface area contributed by atoms with E-state index in [4.69, 9.17) is 4.52 Å². The molecule has 7 nitrogen and oxygen atoms in total. The van der Waals surface area contributed by atoms with E-state index in [0.29, 0.717) is 24.7 Å². The summed E-state index contributed by atoms with van der Waals surface area (Å²) in [5.74, 6) is 2.16. The van der Waals surface area contributed by atoms with Crippen molar-refractivity contribution in [2.45, 2.75) is 44.1 Å². The Morgan fingerprint density at radius 2 is 2.32 bits per heavy atom. The molecular formula is C18H23N5O2. The van der Waals surface area contributed by atoms with Crippen LogP contribution in [-0.4, -0.2) is 45.6 Å². The topological polar surface area (TPSA) is 84.2 Å². The van der Waals surface area contributed by atoms with Crippen molar-refractivity contribution in [1.29, 1.82) is 0 Å². The van der Waals surface area contributed by atoms with Gasteiger partial charge < -0.3 is 14.7 Å². The number of hydrogen-bond donors (Lipinski definition) is 1. The number of hydrogen-bond acceptors (Lipinski definition) is 6. The second-order valence-electron chi connectivity index (χ2n) is 6.77. The van der Waals surface area contributed by atoms with Gasteiger partial charge >= 0.3 is 0 Å². The lowest BCUT2D eigenvalue weighted by atomic mass is 10.0. The highest BCUT2D eigenvalue weighted by Crippen LogP contribution is 2.38. The summed E-state index contributed by atoms with van der Waals surface area (Å²) in [4.78, 5) is 23.3. The normalized spacial score (nSPS) is 20.6. The molecule has 0 aromatic carbocycles. The molecule has 132 valence electrons. The lowest BCUT2D eigenvalue weighted by Crippen LogP contribution is -2.48. The minimum absolute atomic E-state index is 0.0554. The van der Waals surface area contributed by atoms with Crippen LogP contribution < -0.4 is 5.32 Å². The lowest BCUT2D eigenvalue weighted by Gasteiger charge is -2.36. The van der Waals surface area contributed by atoms with Gasteiger partial charge in [-0.1, -0.05) is 11.2 Å². The number of aromatic nitrogens is 3. The van der Waals surface area contributed by atoms with Crippen LogP contribution in [0.15, 0.2) is 29.0 Å². The summed E-state index contributed by atoms with van der Waals surface area (Å²) < 4.78 is 5.28.